The Morgan fingerprint density at radius 3 is 2.52 bits per heavy atom. The number of para-hydroxylation sites is 1. The predicted molar refractivity (Wildman–Crippen MR) is 102 cm³/mol. The Morgan fingerprint density at radius 1 is 1.12 bits per heavy atom. The SMILES string of the molecule is CCC[NH2+][C@@H](CC)c1nc2ccccc2c(=O)n1-c1ccc(Cl)cc1. The summed E-state index contributed by atoms with van der Waals surface area (Å²) in [6, 6.07) is 15.0. The second kappa shape index (κ2) is 7.81. The van der Waals surface area contributed by atoms with Crippen LogP contribution in [0.3, 0.4) is 0 Å². The van der Waals surface area contributed by atoms with Crippen molar-refractivity contribution in [3.05, 3.63) is 69.7 Å². The molecule has 1 atom stereocenters. The molecular weight excluding hydrogens is 334 g/mol. The predicted octanol–water partition coefficient (Wildman–Crippen LogP) is 3.46. The number of benzene rings is 2. The number of aromatic nitrogens is 2. The molecule has 2 aromatic carbocycles. The van der Waals surface area contributed by atoms with Crippen molar-refractivity contribution in [2.75, 3.05) is 6.54 Å². The van der Waals surface area contributed by atoms with Crippen molar-refractivity contribution in [1.29, 1.82) is 0 Å². The van der Waals surface area contributed by atoms with Gasteiger partial charge in [0.1, 0.15) is 6.04 Å². The first kappa shape index (κ1) is 17.6. The van der Waals surface area contributed by atoms with Gasteiger partial charge in [0.2, 0.25) is 0 Å². The van der Waals surface area contributed by atoms with Crippen molar-refractivity contribution in [3.63, 3.8) is 0 Å². The van der Waals surface area contributed by atoms with Crippen LogP contribution in [0.5, 0.6) is 0 Å². The normalized spacial score (nSPS) is 12.4. The Balaban J connectivity index is 2.27. The molecule has 4 nitrogen and oxygen atoms in total. The van der Waals surface area contributed by atoms with Crippen LogP contribution in [-0.2, 0) is 0 Å². The van der Waals surface area contributed by atoms with Crippen LogP contribution in [0.1, 0.15) is 38.6 Å². The van der Waals surface area contributed by atoms with Crippen molar-refractivity contribution >= 4 is 22.5 Å². The molecular formula is C20H23ClN3O+. The van der Waals surface area contributed by atoms with E-state index < -0.39 is 0 Å². The van der Waals surface area contributed by atoms with Crippen LogP contribution in [0, 0.1) is 0 Å². The molecule has 0 aliphatic rings. The number of nitrogens with zero attached hydrogens (tertiary/aromatic N) is 2. The Morgan fingerprint density at radius 2 is 1.84 bits per heavy atom. The van der Waals surface area contributed by atoms with E-state index in [0.29, 0.717) is 10.4 Å². The van der Waals surface area contributed by atoms with Gasteiger partial charge in [0.15, 0.2) is 5.82 Å². The van der Waals surface area contributed by atoms with Gasteiger partial charge in [-0.2, -0.15) is 0 Å². The summed E-state index contributed by atoms with van der Waals surface area (Å²) in [5.74, 6) is 0.793. The second-order valence-electron chi connectivity index (χ2n) is 6.14. The summed E-state index contributed by atoms with van der Waals surface area (Å²) < 4.78 is 1.74. The number of hydrogen-bond acceptors (Lipinski definition) is 2. The van der Waals surface area contributed by atoms with Crippen LogP contribution in [-0.4, -0.2) is 16.1 Å². The zero-order valence-corrected chi connectivity index (χ0v) is 15.3. The fourth-order valence-electron chi connectivity index (χ4n) is 3.06. The highest BCUT2D eigenvalue weighted by molar-refractivity contribution is 6.30. The Bertz CT molecular complexity index is 918. The van der Waals surface area contributed by atoms with Gasteiger partial charge in [0, 0.05) is 11.4 Å². The van der Waals surface area contributed by atoms with E-state index in [1.807, 2.05) is 36.4 Å². The molecule has 2 N–H and O–H groups in total. The van der Waals surface area contributed by atoms with Crippen LogP contribution >= 0.6 is 11.6 Å². The first-order valence-electron chi connectivity index (χ1n) is 8.76. The monoisotopic (exact) mass is 356 g/mol. The molecule has 0 fully saturated rings. The Kier molecular flexibility index (Phi) is 5.51. The first-order chi connectivity index (χ1) is 12.2. The Hall–Kier alpha value is -2.17. The van der Waals surface area contributed by atoms with Gasteiger partial charge >= 0.3 is 0 Å². The number of quaternary nitrogens is 1. The maximum absolute atomic E-state index is 13.2. The van der Waals surface area contributed by atoms with Gasteiger partial charge in [-0.15, -0.1) is 0 Å². The van der Waals surface area contributed by atoms with E-state index in [-0.39, 0.29) is 11.6 Å². The molecule has 1 aromatic heterocycles. The lowest BCUT2D eigenvalue weighted by molar-refractivity contribution is -0.697. The van der Waals surface area contributed by atoms with Crippen molar-refractivity contribution < 1.29 is 5.32 Å². The van der Waals surface area contributed by atoms with Crippen molar-refractivity contribution in [2.45, 2.75) is 32.7 Å². The molecule has 3 rings (SSSR count). The van der Waals surface area contributed by atoms with Crippen LogP contribution in [0.2, 0.25) is 5.02 Å². The Labute approximate surface area is 152 Å². The summed E-state index contributed by atoms with van der Waals surface area (Å²) in [6.07, 6.45) is 1.98. The van der Waals surface area contributed by atoms with Crippen molar-refractivity contribution in [1.82, 2.24) is 9.55 Å². The minimum absolute atomic E-state index is 0.0359. The zero-order valence-electron chi connectivity index (χ0n) is 14.6. The molecule has 0 unspecified atom stereocenters. The molecule has 0 bridgehead atoms. The number of fused-ring (bicyclic) bond motifs is 1. The molecule has 0 amide bonds. The quantitative estimate of drug-likeness (QED) is 0.735. The molecule has 3 aromatic rings. The van der Waals surface area contributed by atoms with E-state index in [4.69, 9.17) is 16.6 Å². The highest BCUT2D eigenvalue weighted by atomic mass is 35.5. The molecule has 0 saturated carbocycles. The minimum atomic E-state index is -0.0359. The fraction of sp³-hybridized carbons (Fsp3) is 0.300. The van der Waals surface area contributed by atoms with E-state index in [0.717, 1.165) is 36.4 Å². The van der Waals surface area contributed by atoms with E-state index in [1.165, 1.54) is 0 Å². The number of halogens is 1. The highest BCUT2D eigenvalue weighted by Crippen LogP contribution is 2.19. The van der Waals surface area contributed by atoms with Gasteiger partial charge in [-0.1, -0.05) is 37.6 Å². The molecule has 130 valence electrons. The van der Waals surface area contributed by atoms with Gasteiger partial charge in [0.25, 0.3) is 5.56 Å². The van der Waals surface area contributed by atoms with Gasteiger partial charge < -0.3 is 5.32 Å². The maximum atomic E-state index is 13.2. The molecule has 0 spiro atoms. The fourth-order valence-corrected chi connectivity index (χ4v) is 3.19. The van der Waals surface area contributed by atoms with Gasteiger partial charge in [-0.25, -0.2) is 4.98 Å². The number of rotatable bonds is 6. The minimum Gasteiger partial charge on any atom is -0.338 e. The summed E-state index contributed by atoms with van der Waals surface area (Å²) in [5, 5.41) is 3.55. The van der Waals surface area contributed by atoms with Crippen molar-refractivity contribution in [2.24, 2.45) is 0 Å². The maximum Gasteiger partial charge on any atom is 0.266 e. The first-order valence-corrected chi connectivity index (χ1v) is 9.14. The van der Waals surface area contributed by atoms with E-state index >= 15 is 0 Å². The van der Waals surface area contributed by atoms with Crippen molar-refractivity contribution in [3.8, 4) is 5.69 Å². The second-order valence-corrected chi connectivity index (χ2v) is 6.58. The molecule has 5 heteroatoms. The number of hydrogen-bond donors (Lipinski definition) is 1. The number of nitrogens with two attached hydrogens (primary N) is 1. The smallest absolute Gasteiger partial charge is 0.266 e. The largest absolute Gasteiger partial charge is 0.338 e. The summed E-state index contributed by atoms with van der Waals surface area (Å²) in [5.41, 5.74) is 1.51. The topological polar surface area (TPSA) is 51.5 Å². The van der Waals surface area contributed by atoms with Crippen LogP contribution in [0.15, 0.2) is 53.3 Å². The molecule has 0 aliphatic carbocycles. The van der Waals surface area contributed by atoms with E-state index in [1.54, 1.807) is 16.7 Å². The van der Waals surface area contributed by atoms with Crippen LogP contribution in [0.4, 0.5) is 0 Å². The third-order valence-electron chi connectivity index (χ3n) is 4.40. The van der Waals surface area contributed by atoms with Gasteiger partial charge in [-0.05, 0) is 42.8 Å². The standard InChI is InChI=1S/C20H22ClN3O/c1-3-13-22-17(4-2)19-23-18-8-6-5-7-16(18)20(25)24(19)15-11-9-14(21)10-12-15/h5-12,17,22H,3-4,13H2,1-2H3/p+1/t17-/m0/s1. The lowest BCUT2D eigenvalue weighted by atomic mass is 10.1. The molecule has 0 saturated heterocycles. The highest BCUT2D eigenvalue weighted by Gasteiger charge is 2.22. The summed E-state index contributed by atoms with van der Waals surface area (Å²) in [6.45, 7) is 5.29. The molecule has 0 radical (unpaired) electrons. The third-order valence-corrected chi connectivity index (χ3v) is 4.65. The lowest BCUT2D eigenvalue weighted by Gasteiger charge is -2.19. The van der Waals surface area contributed by atoms with E-state index in [2.05, 4.69) is 19.2 Å². The average Bonchev–Trinajstić information content (AvgIpc) is 2.64. The van der Waals surface area contributed by atoms with Crippen LogP contribution < -0.4 is 10.9 Å². The third kappa shape index (κ3) is 3.60. The van der Waals surface area contributed by atoms with Gasteiger partial charge in [-0.3, -0.25) is 9.36 Å². The summed E-state index contributed by atoms with van der Waals surface area (Å²) in [7, 11) is 0. The molecule has 25 heavy (non-hydrogen) atoms. The average molecular weight is 357 g/mol. The van der Waals surface area contributed by atoms with Gasteiger partial charge in [0.05, 0.1) is 23.1 Å². The summed E-state index contributed by atoms with van der Waals surface area (Å²) in [4.78, 5) is 18.1. The molecule has 1 heterocycles. The zero-order chi connectivity index (χ0) is 17.8. The lowest BCUT2D eigenvalue weighted by Crippen LogP contribution is -2.85. The van der Waals surface area contributed by atoms with E-state index in [9.17, 15) is 4.79 Å². The summed E-state index contributed by atoms with van der Waals surface area (Å²) >= 11 is 6.02. The van der Waals surface area contributed by atoms with Crippen LogP contribution in [0.25, 0.3) is 16.6 Å². The molecule has 0 aliphatic heterocycles.